The van der Waals surface area contributed by atoms with Crippen molar-refractivity contribution >= 4 is 39.9 Å². The number of amides is 1. The van der Waals surface area contributed by atoms with Gasteiger partial charge in [-0.15, -0.1) is 0 Å². The number of hydrogen-bond acceptors (Lipinski definition) is 4. The number of carbonyl (C=O) groups excluding carboxylic acids is 1. The molecule has 4 rings (SSSR count). The van der Waals surface area contributed by atoms with E-state index in [9.17, 15) is 10.1 Å². The van der Waals surface area contributed by atoms with Crippen LogP contribution < -0.4 is 10.2 Å². The topological polar surface area (TPSA) is 69.0 Å². The van der Waals surface area contributed by atoms with Crippen LogP contribution in [0.4, 0.5) is 17.1 Å². The van der Waals surface area contributed by atoms with Crippen LogP contribution in [0.25, 0.3) is 17.0 Å². The summed E-state index contributed by atoms with van der Waals surface area (Å²) in [5.41, 5.74) is 4.29. The number of nitrogens with zero attached hydrogens (tertiary/aromatic N) is 3. The Balaban J connectivity index is 1.54. The van der Waals surface area contributed by atoms with Crippen LogP contribution in [0.15, 0.2) is 96.7 Å². The number of rotatable bonds is 5. The molecule has 0 radical (unpaired) electrons. The van der Waals surface area contributed by atoms with Gasteiger partial charge in [0.1, 0.15) is 11.6 Å². The van der Waals surface area contributed by atoms with Crippen LogP contribution in [-0.4, -0.2) is 17.9 Å². The van der Waals surface area contributed by atoms with Crippen molar-refractivity contribution in [2.75, 3.05) is 17.3 Å². The van der Waals surface area contributed by atoms with Crippen LogP contribution in [0.3, 0.4) is 0 Å². The van der Waals surface area contributed by atoms with E-state index in [-0.39, 0.29) is 5.57 Å². The van der Waals surface area contributed by atoms with E-state index in [1.54, 1.807) is 18.3 Å². The molecule has 0 aliphatic rings. The van der Waals surface area contributed by atoms with Gasteiger partial charge in [-0.25, -0.2) is 0 Å². The van der Waals surface area contributed by atoms with E-state index < -0.39 is 5.91 Å². The standard InChI is InChI=1S/C26H20N4O/c1-30(21-7-3-2-4-8-21)22-14-12-19(13-15-22)17-20(18-27)26(31)29-25-11-5-10-24-23(25)9-6-16-28-24/h2-17H,1H3,(H,29,31)/b20-17-. The van der Waals surface area contributed by atoms with Gasteiger partial charge in [0.05, 0.1) is 11.2 Å². The zero-order valence-corrected chi connectivity index (χ0v) is 17.0. The molecule has 4 aromatic rings. The molecule has 5 nitrogen and oxygen atoms in total. The molecule has 0 unspecified atom stereocenters. The minimum Gasteiger partial charge on any atom is -0.345 e. The van der Waals surface area contributed by atoms with E-state index in [0.29, 0.717) is 5.69 Å². The zero-order chi connectivity index (χ0) is 21.6. The molecule has 150 valence electrons. The summed E-state index contributed by atoms with van der Waals surface area (Å²) in [4.78, 5) is 19.1. The molecule has 31 heavy (non-hydrogen) atoms. The smallest absolute Gasteiger partial charge is 0.266 e. The van der Waals surface area contributed by atoms with Crippen molar-refractivity contribution in [1.82, 2.24) is 4.98 Å². The highest BCUT2D eigenvalue weighted by Crippen LogP contribution is 2.25. The molecule has 1 aromatic heterocycles. The van der Waals surface area contributed by atoms with Crippen LogP contribution in [0.5, 0.6) is 0 Å². The third kappa shape index (κ3) is 4.44. The molecule has 0 aliphatic heterocycles. The van der Waals surface area contributed by atoms with Crippen molar-refractivity contribution in [2.24, 2.45) is 0 Å². The van der Waals surface area contributed by atoms with Crippen LogP contribution in [-0.2, 0) is 4.79 Å². The van der Waals surface area contributed by atoms with Crippen molar-refractivity contribution in [3.05, 3.63) is 102 Å². The van der Waals surface area contributed by atoms with Crippen LogP contribution in [0.2, 0.25) is 0 Å². The monoisotopic (exact) mass is 404 g/mol. The van der Waals surface area contributed by atoms with E-state index in [0.717, 1.165) is 27.8 Å². The van der Waals surface area contributed by atoms with Gasteiger partial charge in [0.25, 0.3) is 5.91 Å². The van der Waals surface area contributed by atoms with E-state index in [1.165, 1.54) is 0 Å². The molecule has 0 fully saturated rings. The number of para-hydroxylation sites is 1. The number of benzene rings is 3. The summed E-state index contributed by atoms with van der Waals surface area (Å²) >= 11 is 0. The van der Waals surface area contributed by atoms with Gasteiger partial charge in [-0.3, -0.25) is 9.78 Å². The minimum atomic E-state index is -0.454. The number of fused-ring (bicyclic) bond motifs is 1. The Bertz CT molecular complexity index is 1280. The maximum Gasteiger partial charge on any atom is 0.266 e. The molecule has 1 amide bonds. The zero-order valence-electron chi connectivity index (χ0n) is 17.0. The maximum atomic E-state index is 12.7. The highest BCUT2D eigenvalue weighted by Gasteiger charge is 2.12. The summed E-state index contributed by atoms with van der Waals surface area (Å²) < 4.78 is 0. The molecule has 0 aliphatic carbocycles. The summed E-state index contributed by atoms with van der Waals surface area (Å²) in [6.45, 7) is 0. The van der Waals surface area contributed by atoms with Crippen molar-refractivity contribution in [1.29, 1.82) is 5.26 Å². The fraction of sp³-hybridized carbons (Fsp3) is 0.0385. The van der Waals surface area contributed by atoms with Crippen LogP contribution >= 0.6 is 0 Å². The molecule has 0 saturated heterocycles. The molecular formula is C26H20N4O. The number of carbonyl (C=O) groups is 1. The number of nitrogens with one attached hydrogen (secondary N) is 1. The first-order valence-electron chi connectivity index (χ1n) is 9.81. The third-order valence-corrected chi connectivity index (χ3v) is 4.99. The summed E-state index contributed by atoms with van der Waals surface area (Å²) in [5.74, 6) is -0.454. The number of anilines is 3. The Morgan fingerprint density at radius 2 is 1.68 bits per heavy atom. The Morgan fingerprint density at radius 1 is 0.935 bits per heavy atom. The second kappa shape index (κ2) is 8.93. The third-order valence-electron chi connectivity index (χ3n) is 4.99. The number of pyridine rings is 1. The predicted molar refractivity (Wildman–Crippen MR) is 125 cm³/mol. The second-order valence-corrected chi connectivity index (χ2v) is 6.99. The van der Waals surface area contributed by atoms with Gasteiger partial charge >= 0.3 is 0 Å². The quantitative estimate of drug-likeness (QED) is 0.350. The molecule has 0 spiro atoms. The van der Waals surface area contributed by atoms with Crippen molar-refractivity contribution < 1.29 is 4.79 Å². The number of aromatic nitrogens is 1. The predicted octanol–water partition coefficient (Wildman–Crippen LogP) is 5.55. The molecule has 0 bridgehead atoms. The lowest BCUT2D eigenvalue weighted by molar-refractivity contribution is -0.112. The molecule has 1 heterocycles. The van der Waals surface area contributed by atoms with E-state index in [1.807, 2.05) is 92.0 Å². The first-order chi connectivity index (χ1) is 15.2. The fourth-order valence-electron chi connectivity index (χ4n) is 3.31. The Labute approximate surface area is 180 Å². The molecule has 5 heteroatoms. The first-order valence-corrected chi connectivity index (χ1v) is 9.81. The van der Waals surface area contributed by atoms with Crippen LogP contribution in [0, 0.1) is 11.3 Å². The number of hydrogen-bond donors (Lipinski definition) is 1. The highest BCUT2D eigenvalue weighted by atomic mass is 16.1. The van der Waals surface area contributed by atoms with Gasteiger partial charge < -0.3 is 10.2 Å². The molecule has 3 aromatic carbocycles. The van der Waals surface area contributed by atoms with Gasteiger partial charge in [0, 0.05) is 30.0 Å². The molecule has 1 N–H and O–H groups in total. The lowest BCUT2D eigenvalue weighted by Gasteiger charge is -2.19. The fourth-order valence-corrected chi connectivity index (χ4v) is 3.31. The maximum absolute atomic E-state index is 12.7. The lowest BCUT2D eigenvalue weighted by Crippen LogP contribution is -2.13. The van der Waals surface area contributed by atoms with E-state index in [4.69, 9.17) is 0 Å². The largest absolute Gasteiger partial charge is 0.345 e. The average Bonchev–Trinajstić information content (AvgIpc) is 2.83. The van der Waals surface area contributed by atoms with E-state index >= 15 is 0 Å². The average molecular weight is 404 g/mol. The van der Waals surface area contributed by atoms with Crippen molar-refractivity contribution in [2.45, 2.75) is 0 Å². The van der Waals surface area contributed by atoms with Gasteiger partial charge in [-0.05, 0) is 60.2 Å². The Kier molecular flexibility index (Phi) is 5.72. The summed E-state index contributed by atoms with van der Waals surface area (Å²) in [7, 11) is 1.99. The van der Waals surface area contributed by atoms with Gasteiger partial charge in [0.15, 0.2) is 0 Å². The molecule has 0 saturated carbocycles. The SMILES string of the molecule is CN(c1ccccc1)c1ccc(/C=C(/C#N)C(=O)Nc2cccc3ncccc23)cc1. The Morgan fingerprint density at radius 3 is 2.42 bits per heavy atom. The summed E-state index contributed by atoms with van der Waals surface area (Å²) in [6.07, 6.45) is 3.29. The van der Waals surface area contributed by atoms with Crippen molar-refractivity contribution in [3.63, 3.8) is 0 Å². The lowest BCUT2D eigenvalue weighted by atomic mass is 10.1. The van der Waals surface area contributed by atoms with Gasteiger partial charge in [-0.2, -0.15) is 5.26 Å². The highest BCUT2D eigenvalue weighted by molar-refractivity contribution is 6.12. The van der Waals surface area contributed by atoms with E-state index in [2.05, 4.69) is 15.2 Å². The Hall–Kier alpha value is -4.43. The molecule has 0 atom stereocenters. The summed E-state index contributed by atoms with van der Waals surface area (Å²) in [5, 5.41) is 13.2. The van der Waals surface area contributed by atoms with Crippen molar-refractivity contribution in [3.8, 4) is 6.07 Å². The van der Waals surface area contributed by atoms with Crippen LogP contribution in [0.1, 0.15) is 5.56 Å². The second-order valence-electron chi connectivity index (χ2n) is 6.99. The number of nitriles is 1. The van der Waals surface area contributed by atoms with Gasteiger partial charge in [-0.1, -0.05) is 36.4 Å². The normalized spacial score (nSPS) is 11.0. The van der Waals surface area contributed by atoms with Gasteiger partial charge in [0.2, 0.25) is 0 Å². The minimum absolute atomic E-state index is 0.0325. The summed E-state index contributed by atoms with van der Waals surface area (Å²) in [6, 6.07) is 28.9. The first kappa shape index (κ1) is 19.9. The molecular weight excluding hydrogens is 384 g/mol.